The second-order valence-corrected chi connectivity index (χ2v) is 5.75. The van der Waals surface area contributed by atoms with E-state index >= 15 is 0 Å². The first kappa shape index (κ1) is 14.9. The van der Waals surface area contributed by atoms with Gasteiger partial charge in [-0.15, -0.1) is 0 Å². The van der Waals surface area contributed by atoms with Crippen LogP contribution in [0.1, 0.15) is 25.3 Å². The summed E-state index contributed by atoms with van der Waals surface area (Å²) in [5.74, 6) is 0.208. The lowest BCUT2D eigenvalue weighted by atomic mass is 10.1. The third-order valence-corrected chi connectivity index (χ3v) is 3.79. The van der Waals surface area contributed by atoms with E-state index in [0.29, 0.717) is 12.5 Å². The van der Waals surface area contributed by atoms with E-state index < -0.39 is 0 Å². The summed E-state index contributed by atoms with van der Waals surface area (Å²) < 4.78 is 0. The zero-order valence-electron chi connectivity index (χ0n) is 12.7. The van der Waals surface area contributed by atoms with E-state index in [9.17, 15) is 4.79 Å². The largest absolute Gasteiger partial charge is 0.370 e. The molecule has 110 valence electrons. The van der Waals surface area contributed by atoms with Gasteiger partial charge >= 0.3 is 0 Å². The zero-order valence-corrected chi connectivity index (χ0v) is 12.7. The molecule has 0 spiro atoms. The van der Waals surface area contributed by atoms with E-state index in [4.69, 9.17) is 0 Å². The fourth-order valence-corrected chi connectivity index (χ4v) is 2.60. The summed E-state index contributed by atoms with van der Waals surface area (Å²) in [5.41, 5.74) is 2.65. The molecule has 1 aromatic rings. The summed E-state index contributed by atoms with van der Waals surface area (Å²) in [5, 5.41) is 3.53. The van der Waals surface area contributed by atoms with Crippen molar-refractivity contribution in [2.75, 3.05) is 32.1 Å². The zero-order chi connectivity index (χ0) is 14.5. The fourth-order valence-electron chi connectivity index (χ4n) is 2.60. The monoisotopic (exact) mass is 275 g/mol. The molecule has 2 rings (SSSR count). The van der Waals surface area contributed by atoms with Crippen molar-refractivity contribution in [2.24, 2.45) is 0 Å². The first-order valence-electron chi connectivity index (χ1n) is 7.34. The summed E-state index contributed by atoms with van der Waals surface area (Å²) >= 11 is 0. The average molecular weight is 275 g/mol. The lowest BCUT2D eigenvalue weighted by Crippen LogP contribution is -2.36. The van der Waals surface area contributed by atoms with Gasteiger partial charge in [-0.05, 0) is 25.0 Å². The Morgan fingerprint density at radius 3 is 2.90 bits per heavy atom. The second-order valence-electron chi connectivity index (χ2n) is 5.75. The minimum Gasteiger partial charge on any atom is -0.370 e. The topological polar surface area (TPSA) is 35.6 Å². The van der Waals surface area contributed by atoms with Crippen LogP contribution in [0.2, 0.25) is 0 Å². The van der Waals surface area contributed by atoms with Crippen molar-refractivity contribution in [3.63, 3.8) is 0 Å². The molecule has 1 amide bonds. The predicted molar refractivity (Wildman–Crippen MR) is 82.9 cm³/mol. The SMILES string of the molecule is CC1CN(CCCC(=O)N(C)C)c2ccccc2CN1. The van der Waals surface area contributed by atoms with Crippen LogP contribution in [0.4, 0.5) is 5.69 Å². The number of para-hydroxylation sites is 1. The summed E-state index contributed by atoms with van der Waals surface area (Å²) in [6, 6.07) is 9.00. The van der Waals surface area contributed by atoms with E-state index in [1.54, 1.807) is 4.90 Å². The van der Waals surface area contributed by atoms with Gasteiger partial charge in [0.15, 0.2) is 0 Å². The standard InChI is InChI=1S/C16H25N3O/c1-13-12-19(10-6-9-16(20)18(2)3)15-8-5-4-7-14(15)11-17-13/h4-5,7-8,13,17H,6,9-12H2,1-3H3. The number of carbonyl (C=O) groups is 1. The van der Waals surface area contributed by atoms with Gasteiger partial charge in [-0.3, -0.25) is 4.79 Å². The van der Waals surface area contributed by atoms with Crippen molar-refractivity contribution in [3.05, 3.63) is 29.8 Å². The minimum atomic E-state index is 0.208. The number of amides is 1. The summed E-state index contributed by atoms with van der Waals surface area (Å²) in [6.45, 7) is 5.06. The van der Waals surface area contributed by atoms with Crippen molar-refractivity contribution in [1.82, 2.24) is 10.2 Å². The van der Waals surface area contributed by atoms with Gasteiger partial charge in [-0.2, -0.15) is 0 Å². The van der Waals surface area contributed by atoms with Crippen LogP contribution in [-0.4, -0.2) is 44.0 Å². The molecule has 4 heteroatoms. The second kappa shape index (κ2) is 6.75. The molecule has 0 aromatic heterocycles. The van der Waals surface area contributed by atoms with Gasteiger partial charge in [0.05, 0.1) is 0 Å². The van der Waals surface area contributed by atoms with Gasteiger partial charge in [0.25, 0.3) is 0 Å². The molecule has 0 saturated carbocycles. The lowest BCUT2D eigenvalue weighted by Gasteiger charge is -2.26. The Labute approximate surface area is 121 Å². The quantitative estimate of drug-likeness (QED) is 0.911. The molecule has 1 unspecified atom stereocenters. The van der Waals surface area contributed by atoms with Crippen LogP contribution >= 0.6 is 0 Å². The van der Waals surface area contributed by atoms with Crippen molar-refractivity contribution in [1.29, 1.82) is 0 Å². The molecule has 20 heavy (non-hydrogen) atoms. The van der Waals surface area contributed by atoms with Gasteiger partial charge in [0, 0.05) is 51.9 Å². The number of benzene rings is 1. The first-order chi connectivity index (χ1) is 9.58. The molecule has 1 heterocycles. The van der Waals surface area contributed by atoms with Crippen molar-refractivity contribution in [3.8, 4) is 0 Å². The third kappa shape index (κ3) is 3.73. The Bertz CT molecular complexity index is 459. The smallest absolute Gasteiger partial charge is 0.222 e. The molecule has 0 bridgehead atoms. The van der Waals surface area contributed by atoms with Gasteiger partial charge in [-0.25, -0.2) is 0 Å². The maximum absolute atomic E-state index is 11.7. The molecule has 0 radical (unpaired) electrons. The average Bonchev–Trinajstić information content (AvgIpc) is 2.59. The molecule has 0 saturated heterocycles. The molecular formula is C16H25N3O. The molecule has 1 N–H and O–H groups in total. The van der Waals surface area contributed by atoms with Crippen LogP contribution in [-0.2, 0) is 11.3 Å². The van der Waals surface area contributed by atoms with Crippen LogP contribution in [0.15, 0.2) is 24.3 Å². The van der Waals surface area contributed by atoms with E-state index in [0.717, 1.165) is 26.1 Å². The molecule has 1 aliphatic rings. The van der Waals surface area contributed by atoms with Crippen LogP contribution in [0, 0.1) is 0 Å². The third-order valence-electron chi connectivity index (χ3n) is 3.79. The van der Waals surface area contributed by atoms with Crippen molar-refractivity contribution < 1.29 is 4.79 Å². The van der Waals surface area contributed by atoms with Crippen LogP contribution in [0.3, 0.4) is 0 Å². The molecule has 4 nitrogen and oxygen atoms in total. The highest BCUT2D eigenvalue weighted by atomic mass is 16.2. The fraction of sp³-hybridized carbons (Fsp3) is 0.562. The number of carbonyl (C=O) groups excluding carboxylic acids is 1. The molecule has 1 aliphatic heterocycles. The van der Waals surface area contributed by atoms with Gasteiger partial charge in [0.1, 0.15) is 0 Å². The Morgan fingerprint density at radius 1 is 1.40 bits per heavy atom. The van der Waals surface area contributed by atoms with E-state index in [1.165, 1.54) is 11.3 Å². The highest BCUT2D eigenvalue weighted by molar-refractivity contribution is 5.75. The van der Waals surface area contributed by atoms with Gasteiger partial charge in [0.2, 0.25) is 5.91 Å². The lowest BCUT2D eigenvalue weighted by molar-refractivity contribution is -0.128. The summed E-state index contributed by atoms with van der Waals surface area (Å²) in [4.78, 5) is 15.7. The van der Waals surface area contributed by atoms with E-state index in [-0.39, 0.29) is 5.91 Å². The number of hydrogen-bond donors (Lipinski definition) is 1. The number of rotatable bonds is 4. The summed E-state index contributed by atoms with van der Waals surface area (Å²) in [7, 11) is 3.63. The number of hydrogen-bond acceptors (Lipinski definition) is 3. The molecule has 1 atom stereocenters. The highest BCUT2D eigenvalue weighted by Gasteiger charge is 2.18. The summed E-state index contributed by atoms with van der Waals surface area (Å²) in [6.07, 6.45) is 1.52. The number of anilines is 1. The van der Waals surface area contributed by atoms with E-state index in [2.05, 4.69) is 41.4 Å². The van der Waals surface area contributed by atoms with Gasteiger partial charge in [-0.1, -0.05) is 18.2 Å². The predicted octanol–water partition coefficient (Wildman–Crippen LogP) is 1.85. The van der Waals surface area contributed by atoms with Crippen molar-refractivity contribution in [2.45, 2.75) is 32.4 Å². The maximum Gasteiger partial charge on any atom is 0.222 e. The molecule has 0 aliphatic carbocycles. The Hall–Kier alpha value is -1.55. The Morgan fingerprint density at radius 2 is 2.15 bits per heavy atom. The molecule has 0 fully saturated rings. The molecular weight excluding hydrogens is 250 g/mol. The maximum atomic E-state index is 11.7. The van der Waals surface area contributed by atoms with Crippen molar-refractivity contribution >= 4 is 11.6 Å². The first-order valence-corrected chi connectivity index (χ1v) is 7.34. The van der Waals surface area contributed by atoms with Crippen LogP contribution in [0.5, 0.6) is 0 Å². The Kier molecular flexibility index (Phi) is 5.01. The normalized spacial score (nSPS) is 18.4. The highest BCUT2D eigenvalue weighted by Crippen LogP contribution is 2.23. The number of nitrogens with zero attached hydrogens (tertiary/aromatic N) is 2. The van der Waals surface area contributed by atoms with Crippen LogP contribution < -0.4 is 10.2 Å². The minimum absolute atomic E-state index is 0.208. The molecule has 1 aromatic carbocycles. The number of nitrogens with one attached hydrogen (secondary N) is 1. The van der Waals surface area contributed by atoms with Crippen LogP contribution in [0.25, 0.3) is 0 Å². The van der Waals surface area contributed by atoms with E-state index in [1.807, 2.05) is 14.1 Å². The number of fused-ring (bicyclic) bond motifs is 1. The van der Waals surface area contributed by atoms with Gasteiger partial charge < -0.3 is 15.1 Å². The Balaban J connectivity index is 2.00.